The van der Waals surface area contributed by atoms with E-state index < -0.39 is 12.0 Å². The molecule has 19 heavy (non-hydrogen) atoms. The fourth-order valence-electron chi connectivity index (χ4n) is 1.68. The van der Waals surface area contributed by atoms with Gasteiger partial charge in [-0.1, -0.05) is 39.0 Å². The number of unbranched alkanes of at least 4 members (excludes halogenated alkanes) is 5. The van der Waals surface area contributed by atoms with E-state index in [9.17, 15) is 9.59 Å². The number of hydrogen-bond donors (Lipinski definition) is 2. The van der Waals surface area contributed by atoms with Gasteiger partial charge in [-0.25, -0.2) is 9.59 Å². The number of hydrogen-bond acceptors (Lipinski definition) is 3. The van der Waals surface area contributed by atoms with Crippen LogP contribution in [0.4, 0.5) is 4.79 Å². The molecule has 0 aliphatic rings. The number of amides is 2. The molecule has 0 aliphatic carbocycles. The second-order valence-electron chi connectivity index (χ2n) is 4.64. The zero-order chi connectivity index (χ0) is 14.5. The highest BCUT2D eigenvalue weighted by Crippen LogP contribution is 2.03. The van der Waals surface area contributed by atoms with Crippen LogP contribution in [0.2, 0.25) is 0 Å². The van der Waals surface area contributed by atoms with E-state index in [1.165, 1.54) is 25.7 Å². The lowest BCUT2D eigenvalue weighted by Gasteiger charge is -2.13. The maximum absolute atomic E-state index is 11.5. The second-order valence-corrected chi connectivity index (χ2v) is 4.64. The number of esters is 1. The summed E-state index contributed by atoms with van der Waals surface area (Å²) in [5.41, 5.74) is 0. The third-order valence-electron chi connectivity index (χ3n) is 2.80. The summed E-state index contributed by atoms with van der Waals surface area (Å²) in [6.07, 6.45) is 7.12. The summed E-state index contributed by atoms with van der Waals surface area (Å²) >= 11 is 0. The third kappa shape index (κ3) is 10.4. The van der Waals surface area contributed by atoms with Crippen LogP contribution in [0.1, 0.15) is 59.3 Å². The maximum atomic E-state index is 11.5. The summed E-state index contributed by atoms with van der Waals surface area (Å²) in [5.74, 6) is -0.405. The van der Waals surface area contributed by atoms with Crippen LogP contribution in [-0.4, -0.2) is 31.2 Å². The molecular formula is C14H28N2O3. The van der Waals surface area contributed by atoms with Gasteiger partial charge in [-0.15, -0.1) is 0 Å². The molecule has 0 spiro atoms. The second kappa shape index (κ2) is 11.8. The minimum absolute atomic E-state index is 0.311. The van der Waals surface area contributed by atoms with Crippen LogP contribution in [0.15, 0.2) is 0 Å². The Morgan fingerprint density at radius 2 is 1.68 bits per heavy atom. The molecule has 0 aromatic rings. The number of urea groups is 1. The van der Waals surface area contributed by atoms with E-state index in [1.807, 2.05) is 0 Å². The molecule has 1 atom stereocenters. The molecule has 2 N–H and O–H groups in total. The number of carbonyl (C=O) groups is 2. The smallest absolute Gasteiger partial charge is 0.328 e. The molecule has 0 aromatic carbocycles. The Bertz CT molecular complexity index is 257. The van der Waals surface area contributed by atoms with E-state index in [-0.39, 0.29) is 6.03 Å². The molecule has 5 heteroatoms. The average Bonchev–Trinajstić information content (AvgIpc) is 2.38. The Kier molecular flexibility index (Phi) is 11.0. The highest BCUT2D eigenvalue weighted by atomic mass is 16.5. The topological polar surface area (TPSA) is 67.4 Å². The van der Waals surface area contributed by atoms with Gasteiger partial charge < -0.3 is 15.4 Å². The SMILES string of the molecule is CCCCCCCCNC(=O)N[C@@H](C)C(=O)OCC. The van der Waals surface area contributed by atoms with E-state index in [2.05, 4.69) is 17.6 Å². The first kappa shape index (κ1) is 17.7. The molecule has 0 saturated carbocycles. The highest BCUT2D eigenvalue weighted by molar-refractivity contribution is 5.83. The van der Waals surface area contributed by atoms with Crippen molar-refractivity contribution in [2.45, 2.75) is 65.3 Å². The van der Waals surface area contributed by atoms with Gasteiger partial charge in [0.25, 0.3) is 0 Å². The fourth-order valence-corrected chi connectivity index (χ4v) is 1.68. The first-order valence-corrected chi connectivity index (χ1v) is 7.32. The van der Waals surface area contributed by atoms with Crippen molar-refractivity contribution in [3.05, 3.63) is 0 Å². The lowest BCUT2D eigenvalue weighted by atomic mass is 10.1. The minimum atomic E-state index is -0.607. The fraction of sp³-hybridized carbons (Fsp3) is 0.857. The van der Waals surface area contributed by atoms with Crippen molar-refractivity contribution in [1.82, 2.24) is 10.6 Å². The summed E-state index contributed by atoms with van der Waals surface area (Å²) in [6.45, 7) is 6.51. The van der Waals surface area contributed by atoms with E-state index in [0.717, 1.165) is 12.8 Å². The molecule has 0 bridgehead atoms. The summed E-state index contributed by atoms with van der Waals surface area (Å²) in [5, 5.41) is 5.29. The molecule has 0 fully saturated rings. The molecule has 0 rings (SSSR count). The molecule has 0 radical (unpaired) electrons. The van der Waals surface area contributed by atoms with Crippen LogP contribution in [0.3, 0.4) is 0 Å². The molecule has 0 aromatic heterocycles. The molecule has 0 heterocycles. The lowest BCUT2D eigenvalue weighted by molar-refractivity contribution is -0.144. The Morgan fingerprint density at radius 3 is 2.32 bits per heavy atom. The van der Waals surface area contributed by atoms with Crippen LogP contribution in [0, 0.1) is 0 Å². The van der Waals surface area contributed by atoms with Crippen molar-refractivity contribution in [2.24, 2.45) is 0 Å². The zero-order valence-electron chi connectivity index (χ0n) is 12.5. The molecule has 0 unspecified atom stereocenters. The van der Waals surface area contributed by atoms with Crippen molar-refractivity contribution in [3.63, 3.8) is 0 Å². The summed E-state index contributed by atoms with van der Waals surface area (Å²) in [4.78, 5) is 22.8. The Labute approximate surface area is 116 Å². The van der Waals surface area contributed by atoms with Gasteiger partial charge in [0.2, 0.25) is 0 Å². The largest absolute Gasteiger partial charge is 0.464 e. The van der Waals surface area contributed by atoms with Crippen LogP contribution in [0.5, 0.6) is 0 Å². The zero-order valence-corrected chi connectivity index (χ0v) is 12.5. The van der Waals surface area contributed by atoms with Crippen molar-refractivity contribution >= 4 is 12.0 Å². The standard InChI is InChI=1S/C14H28N2O3/c1-4-6-7-8-9-10-11-15-14(18)16-12(3)13(17)19-5-2/h12H,4-11H2,1-3H3,(H2,15,16,18)/t12-/m0/s1. The van der Waals surface area contributed by atoms with Gasteiger partial charge in [0, 0.05) is 6.54 Å². The van der Waals surface area contributed by atoms with E-state index >= 15 is 0 Å². The normalized spacial score (nSPS) is 11.7. The highest BCUT2D eigenvalue weighted by Gasteiger charge is 2.15. The van der Waals surface area contributed by atoms with Gasteiger partial charge in [-0.3, -0.25) is 0 Å². The lowest BCUT2D eigenvalue weighted by Crippen LogP contribution is -2.45. The van der Waals surface area contributed by atoms with Crippen LogP contribution in [0.25, 0.3) is 0 Å². The monoisotopic (exact) mass is 272 g/mol. The average molecular weight is 272 g/mol. The van der Waals surface area contributed by atoms with Gasteiger partial charge in [-0.05, 0) is 20.3 Å². The van der Waals surface area contributed by atoms with E-state index in [4.69, 9.17) is 4.74 Å². The first-order valence-electron chi connectivity index (χ1n) is 7.32. The Morgan fingerprint density at radius 1 is 1.05 bits per heavy atom. The van der Waals surface area contributed by atoms with Gasteiger partial charge >= 0.3 is 12.0 Å². The van der Waals surface area contributed by atoms with E-state index in [1.54, 1.807) is 13.8 Å². The molecule has 112 valence electrons. The van der Waals surface area contributed by atoms with Gasteiger partial charge in [0.05, 0.1) is 6.61 Å². The predicted molar refractivity (Wildman–Crippen MR) is 76.0 cm³/mol. The van der Waals surface area contributed by atoms with Gasteiger partial charge in [0.15, 0.2) is 0 Å². The number of nitrogens with one attached hydrogen (secondary N) is 2. The predicted octanol–water partition coefficient (Wildman–Crippen LogP) is 2.60. The molecule has 5 nitrogen and oxygen atoms in total. The minimum Gasteiger partial charge on any atom is -0.464 e. The summed E-state index contributed by atoms with van der Waals surface area (Å²) < 4.78 is 4.80. The Hall–Kier alpha value is -1.26. The molecule has 0 aliphatic heterocycles. The van der Waals surface area contributed by atoms with Crippen molar-refractivity contribution in [1.29, 1.82) is 0 Å². The molecule has 2 amide bonds. The maximum Gasteiger partial charge on any atom is 0.328 e. The van der Waals surface area contributed by atoms with Crippen LogP contribution in [-0.2, 0) is 9.53 Å². The van der Waals surface area contributed by atoms with Crippen molar-refractivity contribution in [2.75, 3.05) is 13.2 Å². The van der Waals surface area contributed by atoms with Gasteiger partial charge in [-0.2, -0.15) is 0 Å². The van der Waals surface area contributed by atoms with Crippen molar-refractivity contribution in [3.8, 4) is 0 Å². The Balaban J connectivity index is 3.51. The van der Waals surface area contributed by atoms with E-state index in [0.29, 0.717) is 13.2 Å². The van der Waals surface area contributed by atoms with Crippen molar-refractivity contribution < 1.29 is 14.3 Å². The van der Waals surface area contributed by atoms with Gasteiger partial charge in [0.1, 0.15) is 6.04 Å². The molecular weight excluding hydrogens is 244 g/mol. The number of rotatable bonds is 10. The third-order valence-corrected chi connectivity index (χ3v) is 2.80. The quantitative estimate of drug-likeness (QED) is 0.474. The number of ether oxygens (including phenoxy) is 1. The first-order chi connectivity index (χ1) is 9.11. The summed E-state index contributed by atoms with van der Waals surface area (Å²) in [6, 6.07) is -0.918. The number of carbonyl (C=O) groups excluding carboxylic acids is 2. The molecule has 0 saturated heterocycles. The van der Waals surface area contributed by atoms with Crippen LogP contribution >= 0.6 is 0 Å². The van der Waals surface area contributed by atoms with Crippen LogP contribution < -0.4 is 10.6 Å². The summed E-state index contributed by atoms with van der Waals surface area (Å²) in [7, 11) is 0.